The molecule has 1 heterocycles. The first-order chi connectivity index (χ1) is 24.0. The number of hydrogen-bond acceptors (Lipinski definition) is 2. The predicted molar refractivity (Wildman–Crippen MR) is 206 cm³/mol. The van der Waals surface area contributed by atoms with E-state index < -0.39 is 0 Å². The van der Waals surface area contributed by atoms with Crippen molar-refractivity contribution < 1.29 is 4.42 Å². The highest BCUT2D eigenvalue weighted by molar-refractivity contribution is 6.10. The van der Waals surface area contributed by atoms with E-state index in [0.29, 0.717) is 0 Å². The summed E-state index contributed by atoms with van der Waals surface area (Å²) in [5, 5.41) is 7.12. The van der Waals surface area contributed by atoms with Gasteiger partial charge in [0, 0.05) is 33.1 Å². The maximum Gasteiger partial charge on any atom is 0.136 e. The second kappa shape index (κ2) is 10.4. The highest BCUT2D eigenvalue weighted by Gasteiger charge is 2.37. The molecule has 9 aromatic rings. The fourth-order valence-electron chi connectivity index (χ4n) is 8.23. The molecule has 2 heteroatoms. The first kappa shape index (κ1) is 27.9. The van der Waals surface area contributed by atoms with Crippen molar-refractivity contribution in [2.45, 2.75) is 19.3 Å². The lowest BCUT2D eigenvalue weighted by Crippen LogP contribution is -2.16. The van der Waals surface area contributed by atoms with Crippen LogP contribution >= 0.6 is 0 Å². The van der Waals surface area contributed by atoms with Crippen LogP contribution in [0.15, 0.2) is 168 Å². The van der Waals surface area contributed by atoms with Gasteiger partial charge >= 0.3 is 0 Å². The van der Waals surface area contributed by atoms with E-state index in [2.05, 4.69) is 170 Å². The van der Waals surface area contributed by atoms with Gasteiger partial charge in [0.1, 0.15) is 11.2 Å². The largest absolute Gasteiger partial charge is 0.456 e. The zero-order chi connectivity index (χ0) is 32.7. The van der Waals surface area contributed by atoms with Gasteiger partial charge < -0.3 is 9.32 Å². The number of fused-ring (bicyclic) bond motifs is 8. The summed E-state index contributed by atoms with van der Waals surface area (Å²) < 4.78 is 6.26. The highest BCUT2D eigenvalue weighted by Crippen LogP contribution is 2.54. The first-order valence-electron chi connectivity index (χ1n) is 17.0. The Hall–Kier alpha value is -6.12. The quantitative estimate of drug-likeness (QED) is 0.193. The molecule has 0 N–H and O–H groups in total. The van der Waals surface area contributed by atoms with E-state index in [0.717, 1.165) is 38.7 Å². The Labute approximate surface area is 285 Å². The Kier molecular flexibility index (Phi) is 5.95. The van der Waals surface area contributed by atoms with Gasteiger partial charge in [-0.05, 0) is 97.9 Å². The van der Waals surface area contributed by atoms with E-state index >= 15 is 0 Å². The molecule has 0 spiro atoms. The fraction of sp³-hybridized carbons (Fsp3) is 0.0638. The number of rotatable bonds is 4. The maximum atomic E-state index is 6.26. The average Bonchev–Trinajstić information content (AvgIpc) is 3.62. The summed E-state index contributed by atoms with van der Waals surface area (Å²) in [5.74, 6) is 0. The molecule has 0 unspecified atom stereocenters. The summed E-state index contributed by atoms with van der Waals surface area (Å²) >= 11 is 0. The van der Waals surface area contributed by atoms with Crippen LogP contribution in [0, 0.1) is 0 Å². The van der Waals surface area contributed by atoms with Gasteiger partial charge in [0.2, 0.25) is 0 Å². The van der Waals surface area contributed by atoms with Gasteiger partial charge in [0.05, 0.1) is 5.69 Å². The molecule has 0 saturated heterocycles. The summed E-state index contributed by atoms with van der Waals surface area (Å²) in [7, 11) is 0. The van der Waals surface area contributed by atoms with Crippen LogP contribution in [0.5, 0.6) is 0 Å². The molecule has 1 aliphatic carbocycles. The van der Waals surface area contributed by atoms with E-state index in [1.807, 2.05) is 12.1 Å². The lowest BCUT2D eigenvalue weighted by molar-refractivity contribution is 0.660. The average molecular weight is 628 g/mol. The van der Waals surface area contributed by atoms with Crippen LogP contribution < -0.4 is 4.90 Å². The van der Waals surface area contributed by atoms with Crippen molar-refractivity contribution >= 4 is 60.5 Å². The Balaban J connectivity index is 1.23. The third-order valence-electron chi connectivity index (χ3n) is 10.6. The van der Waals surface area contributed by atoms with Crippen LogP contribution in [0.1, 0.15) is 25.0 Å². The molecule has 0 amide bonds. The smallest absolute Gasteiger partial charge is 0.136 e. The summed E-state index contributed by atoms with van der Waals surface area (Å²) in [6.45, 7) is 4.70. The molecule has 0 atom stereocenters. The normalized spacial score (nSPS) is 13.3. The number of nitrogens with zero attached hydrogens (tertiary/aromatic N) is 1. The van der Waals surface area contributed by atoms with Crippen LogP contribution in [-0.4, -0.2) is 0 Å². The van der Waals surface area contributed by atoms with Crippen molar-refractivity contribution in [1.82, 2.24) is 0 Å². The Morgan fingerprint density at radius 2 is 1.16 bits per heavy atom. The van der Waals surface area contributed by atoms with Gasteiger partial charge in [-0.2, -0.15) is 0 Å². The lowest BCUT2D eigenvalue weighted by Gasteiger charge is -2.29. The molecular formula is C47H33NO. The number of para-hydroxylation sites is 1. The molecule has 0 bridgehead atoms. The first-order valence-corrected chi connectivity index (χ1v) is 17.0. The standard InChI is InChI=1S/C47H33NO/c1-47(2)41-20-7-5-18-39(41)46-42(47)21-11-22-43(46)48(34-15-9-14-32(26-34)37-19-10-13-30-12-3-4-16-36(30)37)35-25-24-31-29-45-40(28-33(31)27-35)38-17-6-8-23-44(38)49-45/h3-29H,1-2H3. The SMILES string of the molecule is CC1(C)c2ccccc2-c2c(N(c3cccc(-c4cccc5ccccc45)c3)c3ccc4cc5oc6ccccc6c5cc4c3)cccc21. The lowest BCUT2D eigenvalue weighted by atomic mass is 9.82. The van der Waals surface area contributed by atoms with Crippen LogP contribution in [0.3, 0.4) is 0 Å². The van der Waals surface area contributed by atoms with E-state index in [4.69, 9.17) is 4.42 Å². The Morgan fingerprint density at radius 3 is 2.10 bits per heavy atom. The number of anilines is 3. The second-order valence-electron chi connectivity index (χ2n) is 13.8. The molecule has 49 heavy (non-hydrogen) atoms. The summed E-state index contributed by atoms with van der Waals surface area (Å²) in [5.41, 5.74) is 12.9. The molecule has 0 radical (unpaired) electrons. The number of furan rings is 1. The molecule has 0 aliphatic heterocycles. The minimum Gasteiger partial charge on any atom is -0.456 e. The van der Waals surface area contributed by atoms with Gasteiger partial charge in [-0.1, -0.05) is 129 Å². The van der Waals surface area contributed by atoms with Crippen molar-refractivity contribution in [3.8, 4) is 22.3 Å². The van der Waals surface area contributed by atoms with Gasteiger partial charge in [0.15, 0.2) is 0 Å². The van der Waals surface area contributed by atoms with Crippen molar-refractivity contribution in [1.29, 1.82) is 0 Å². The highest BCUT2D eigenvalue weighted by atomic mass is 16.3. The van der Waals surface area contributed by atoms with Crippen molar-refractivity contribution in [2.24, 2.45) is 0 Å². The van der Waals surface area contributed by atoms with E-state index in [1.54, 1.807) is 0 Å². The second-order valence-corrected chi connectivity index (χ2v) is 13.8. The number of hydrogen-bond donors (Lipinski definition) is 0. The van der Waals surface area contributed by atoms with Crippen LogP contribution in [0.2, 0.25) is 0 Å². The van der Waals surface area contributed by atoms with E-state index in [9.17, 15) is 0 Å². The molecule has 0 fully saturated rings. The third kappa shape index (κ3) is 4.20. The van der Waals surface area contributed by atoms with Gasteiger partial charge in [-0.25, -0.2) is 0 Å². The predicted octanol–water partition coefficient (Wildman–Crippen LogP) is 13.3. The summed E-state index contributed by atoms with van der Waals surface area (Å²) in [4.78, 5) is 2.46. The van der Waals surface area contributed by atoms with Crippen molar-refractivity contribution in [3.05, 3.63) is 175 Å². The van der Waals surface area contributed by atoms with Crippen molar-refractivity contribution in [3.63, 3.8) is 0 Å². The van der Waals surface area contributed by atoms with Crippen LogP contribution in [-0.2, 0) is 5.41 Å². The van der Waals surface area contributed by atoms with Crippen LogP contribution in [0.25, 0.3) is 65.7 Å². The maximum absolute atomic E-state index is 6.26. The van der Waals surface area contributed by atoms with Crippen LogP contribution in [0.4, 0.5) is 17.1 Å². The van der Waals surface area contributed by atoms with Gasteiger partial charge in [-0.3, -0.25) is 0 Å². The van der Waals surface area contributed by atoms with E-state index in [-0.39, 0.29) is 5.41 Å². The fourth-order valence-corrected chi connectivity index (χ4v) is 8.23. The minimum absolute atomic E-state index is 0.101. The zero-order valence-electron chi connectivity index (χ0n) is 27.4. The Morgan fingerprint density at radius 1 is 0.449 bits per heavy atom. The van der Waals surface area contributed by atoms with Crippen molar-refractivity contribution in [2.75, 3.05) is 4.90 Å². The summed E-state index contributed by atoms with van der Waals surface area (Å²) in [6.07, 6.45) is 0. The molecule has 10 rings (SSSR count). The molecule has 232 valence electrons. The molecule has 1 aliphatic rings. The molecule has 8 aromatic carbocycles. The topological polar surface area (TPSA) is 16.4 Å². The van der Waals surface area contributed by atoms with Gasteiger partial charge in [-0.15, -0.1) is 0 Å². The minimum atomic E-state index is -0.101. The molecule has 1 aromatic heterocycles. The molecular weight excluding hydrogens is 595 g/mol. The van der Waals surface area contributed by atoms with E-state index in [1.165, 1.54) is 55.2 Å². The zero-order valence-corrected chi connectivity index (χ0v) is 27.4. The molecule has 0 saturated carbocycles. The Bertz CT molecular complexity index is 2760. The number of benzene rings is 8. The van der Waals surface area contributed by atoms with Gasteiger partial charge in [0.25, 0.3) is 0 Å². The summed E-state index contributed by atoms with van der Waals surface area (Å²) in [6, 6.07) is 59.6. The molecule has 2 nitrogen and oxygen atoms in total. The third-order valence-corrected chi connectivity index (χ3v) is 10.6. The monoisotopic (exact) mass is 627 g/mol.